The molecule has 0 aromatic heterocycles. The molecule has 1 aliphatic rings. The fraction of sp³-hybridized carbons (Fsp3) is 0.385. The Morgan fingerprint density at radius 1 is 1.33 bits per heavy atom. The summed E-state index contributed by atoms with van der Waals surface area (Å²) in [5, 5.41) is 0.557. The summed E-state index contributed by atoms with van der Waals surface area (Å²) in [6.45, 7) is 4.60. The smallest absolute Gasteiger partial charge is 0.315 e. The maximum absolute atomic E-state index is 12.1. The quantitative estimate of drug-likeness (QED) is 0.790. The van der Waals surface area contributed by atoms with Crippen molar-refractivity contribution >= 4 is 29.2 Å². The van der Waals surface area contributed by atoms with Gasteiger partial charge in [-0.15, -0.1) is 0 Å². The van der Waals surface area contributed by atoms with Gasteiger partial charge in [0.05, 0.1) is 5.69 Å². The number of carbonyl (C=O) groups is 2. The molecule has 0 spiro atoms. The van der Waals surface area contributed by atoms with E-state index in [9.17, 15) is 9.59 Å². The zero-order valence-corrected chi connectivity index (χ0v) is 11.2. The molecule has 1 aliphatic heterocycles. The minimum Gasteiger partial charge on any atom is -0.315 e. The van der Waals surface area contributed by atoms with Crippen LogP contribution in [0.3, 0.4) is 0 Å². The summed E-state index contributed by atoms with van der Waals surface area (Å²) < 4.78 is 0. The van der Waals surface area contributed by atoms with Crippen molar-refractivity contribution in [2.45, 2.75) is 20.3 Å². The second kappa shape index (κ2) is 4.98. The number of rotatable bonds is 3. The van der Waals surface area contributed by atoms with Gasteiger partial charge in [-0.25, -0.2) is 9.69 Å². The van der Waals surface area contributed by atoms with Crippen LogP contribution in [0.4, 0.5) is 10.5 Å². The molecule has 1 saturated heterocycles. The first-order valence-corrected chi connectivity index (χ1v) is 6.30. The second-order valence-corrected chi connectivity index (χ2v) is 4.77. The van der Waals surface area contributed by atoms with Crippen LogP contribution in [-0.4, -0.2) is 29.9 Å². The van der Waals surface area contributed by atoms with Gasteiger partial charge in [-0.3, -0.25) is 4.79 Å². The number of hydrogen-bond acceptors (Lipinski definition) is 2. The summed E-state index contributed by atoms with van der Waals surface area (Å²) in [5.41, 5.74) is 1.46. The van der Waals surface area contributed by atoms with Crippen LogP contribution in [-0.2, 0) is 4.79 Å². The predicted molar refractivity (Wildman–Crippen MR) is 70.9 cm³/mol. The minimum absolute atomic E-state index is 0.151. The van der Waals surface area contributed by atoms with Gasteiger partial charge in [0, 0.05) is 11.6 Å². The lowest BCUT2D eigenvalue weighted by molar-refractivity contribution is -0.116. The topological polar surface area (TPSA) is 40.6 Å². The maximum atomic E-state index is 12.1. The van der Waals surface area contributed by atoms with E-state index in [1.165, 1.54) is 4.90 Å². The minimum atomic E-state index is -0.262. The van der Waals surface area contributed by atoms with E-state index >= 15 is 0 Å². The number of nitrogens with zero attached hydrogens (tertiary/aromatic N) is 2. The number of anilines is 1. The third kappa shape index (κ3) is 2.20. The molecule has 2 rings (SSSR count). The lowest BCUT2D eigenvalue weighted by Crippen LogP contribution is -2.33. The van der Waals surface area contributed by atoms with Crippen molar-refractivity contribution in [2.24, 2.45) is 0 Å². The molecule has 18 heavy (non-hydrogen) atoms. The summed E-state index contributed by atoms with van der Waals surface area (Å²) in [4.78, 5) is 26.7. The van der Waals surface area contributed by atoms with Crippen molar-refractivity contribution in [3.8, 4) is 0 Å². The summed E-state index contributed by atoms with van der Waals surface area (Å²) >= 11 is 6.02. The SMILES string of the molecule is CCCN1CC(=O)N(c2ccc(C)c(Cl)c2)C1=O. The molecule has 1 aromatic rings. The zero-order chi connectivity index (χ0) is 13.3. The van der Waals surface area contributed by atoms with Gasteiger partial charge in [0.15, 0.2) is 0 Å². The summed E-state index contributed by atoms with van der Waals surface area (Å²) in [6.07, 6.45) is 0.835. The highest BCUT2D eigenvalue weighted by Gasteiger charge is 2.36. The second-order valence-electron chi connectivity index (χ2n) is 4.37. The van der Waals surface area contributed by atoms with Gasteiger partial charge in [-0.1, -0.05) is 24.6 Å². The van der Waals surface area contributed by atoms with E-state index in [4.69, 9.17) is 11.6 Å². The van der Waals surface area contributed by atoms with Gasteiger partial charge in [0.2, 0.25) is 0 Å². The average molecular weight is 267 g/mol. The number of halogens is 1. The van der Waals surface area contributed by atoms with E-state index in [2.05, 4.69) is 0 Å². The summed E-state index contributed by atoms with van der Waals surface area (Å²) in [7, 11) is 0. The van der Waals surface area contributed by atoms with Crippen molar-refractivity contribution in [3.63, 3.8) is 0 Å². The van der Waals surface area contributed by atoms with Crippen LogP contribution in [0.5, 0.6) is 0 Å². The van der Waals surface area contributed by atoms with Crippen LogP contribution >= 0.6 is 11.6 Å². The Labute approximate surface area is 111 Å². The number of amides is 3. The van der Waals surface area contributed by atoms with Crippen molar-refractivity contribution in [2.75, 3.05) is 18.0 Å². The fourth-order valence-electron chi connectivity index (χ4n) is 1.97. The monoisotopic (exact) mass is 266 g/mol. The highest BCUT2D eigenvalue weighted by molar-refractivity contribution is 6.32. The van der Waals surface area contributed by atoms with Gasteiger partial charge in [0.25, 0.3) is 5.91 Å². The molecule has 0 bridgehead atoms. The standard InChI is InChI=1S/C13H15ClN2O2/c1-3-6-15-8-12(17)16(13(15)18)10-5-4-9(2)11(14)7-10/h4-5,7H,3,6,8H2,1-2H3. The highest BCUT2D eigenvalue weighted by Crippen LogP contribution is 2.26. The van der Waals surface area contributed by atoms with Crippen molar-refractivity contribution in [3.05, 3.63) is 28.8 Å². The van der Waals surface area contributed by atoms with Gasteiger partial charge in [0.1, 0.15) is 6.54 Å². The molecule has 0 atom stereocenters. The van der Waals surface area contributed by atoms with E-state index in [-0.39, 0.29) is 18.5 Å². The molecule has 0 N–H and O–H groups in total. The fourth-order valence-corrected chi connectivity index (χ4v) is 2.14. The van der Waals surface area contributed by atoms with Gasteiger partial charge >= 0.3 is 6.03 Å². The normalized spacial score (nSPS) is 15.7. The van der Waals surface area contributed by atoms with E-state index in [1.807, 2.05) is 13.8 Å². The first kappa shape index (κ1) is 12.9. The molecule has 1 aromatic carbocycles. The van der Waals surface area contributed by atoms with Gasteiger partial charge < -0.3 is 4.90 Å². The lowest BCUT2D eigenvalue weighted by atomic mass is 10.2. The Morgan fingerprint density at radius 3 is 2.67 bits per heavy atom. The molecular formula is C13H15ClN2O2. The summed E-state index contributed by atoms with van der Waals surface area (Å²) in [5.74, 6) is -0.201. The van der Waals surface area contributed by atoms with Crippen LogP contribution in [0.25, 0.3) is 0 Å². The van der Waals surface area contributed by atoms with Crippen LogP contribution in [0, 0.1) is 6.92 Å². The first-order valence-electron chi connectivity index (χ1n) is 5.92. The van der Waals surface area contributed by atoms with E-state index in [1.54, 1.807) is 23.1 Å². The molecule has 0 aliphatic carbocycles. The number of imide groups is 1. The first-order chi connectivity index (χ1) is 8.54. The molecule has 0 radical (unpaired) electrons. The van der Waals surface area contributed by atoms with E-state index in [0.717, 1.165) is 12.0 Å². The van der Waals surface area contributed by atoms with Crippen molar-refractivity contribution in [1.82, 2.24) is 4.90 Å². The van der Waals surface area contributed by atoms with E-state index in [0.29, 0.717) is 17.3 Å². The lowest BCUT2D eigenvalue weighted by Gasteiger charge is -2.16. The molecular weight excluding hydrogens is 252 g/mol. The van der Waals surface area contributed by atoms with E-state index < -0.39 is 0 Å². The molecule has 0 saturated carbocycles. The van der Waals surface area contributed by atoms with Crippen molar-refractivity contribution < 1.29 is 9.59 Å². The Balaban J connectivity index is 2.30. The number of hydrogen-bond donors (Lipinski definition) is 0. The third-order valence-corrected chi connectivity index (χ3v) is 3.35. The van der Waals surface area contributed by atoms with Gasteiger partial charge in [-0.05, 0) is 31.0 Å². The van der Waals surface area contributed by atoms with Crippen LogP contribution in [0.1, 0.15) is 18.9 Å². The molecule has 96 valence electrons. The number of benzene rings is 1. The Morgan fingerprint density at radius 2 is 2.06 bits per heavy atom. The number of aryl methyl sites for hydroxylation is 1. The van der Waals surface area contributed by atoms with Crippen molar-refractivity contribution in [1.29, 1.82) is 0 Å². The maximum Gasteiger partial charge on any atom is 0.331 e. The molecule has 1 fully saturated rings. The van der Waals surface area contributed by atoms with Crippen LogP contribution in [0.15, 0.2) is 18.2 Å². The predicted octanol–water partition coefficient (Wildman–Crippen LogP) is 2.83. The molecule has 4 nitrogen and oxygen atoms in total. The summed E-state index contributed by atoms with van der Waals surface area (Å²) in [6, 6.07) is 4.94. The Hall–Kier alpha value is -1.55. The number of carbonyl (C=O) groups excluding carboxylic acids is 2. The molecule has 5 heteroatoms. The molecule has 0 unspecified atom stereocenters. The molecule has 1 heterocycles. The van der Waals surface area contributed by atoms with Gasteiger partial charge in [-0.2, -0.15) is 0 Å². The average Bonchev–Trinajstić information content (AvgIpc) is 2.59. The Bertz CT molecular complexity index is 502. The molecule has 3 amide bonds. The van der Waals surface area contributed by atoms with Crippen LogP contribution in [0.2, 0.25) is 5.02 Å². The zero-order valence-electron chi connectivity index (χ0n) is 10.4. The third-order valence-electron chi connectivity index (χ3n) is 2.94. The largest absolute Gasteiger partial charge is 0.331 e. The Kier molecular flexibility index (Phi) is 3.57. The highest BCUT2D eigenvalue weighted by atomic mass is 35.5. The van der Waals surface area contributed by atoms with Crippen LogP contribution < -0.4 is 4.90 Å². The number of urea groups is 1.